The lowest BCUT2D eigenvalue weighted by molar-refractivity contribution is 0.0947. The number of aromatic nitrogens is 2. The van der Waals surface area contributed by atoms with Crippen LogP contribution in [0.4, 0.5) is 14.5 Å². The summed E-state index contributed by atoms with van der Waals surface area (Å²) in [5.41, 5.74) is 0.125. The predicted molar refractivity (Wildman–Crippen MR) is 92.0 cm³/mol. The van der Waals surface area contributed by atoms with Crippen molar-refractivity contribution in [2.24, 2.45) is 0 Å². The van der Waals surface area contributed by atoms with Gasteiger partial charge in [0.25, 0.3) is 11.8 Å². The van der Waals surface area contributed by atoms with Gasteiger partial charge in [-0.25, -0.2) is 13.8 Å². The molecule has 0 radical (unpaired) electrons. The van der Waals surface area contributed by atoms with Gasteiger partial charge in [-0.3, -0.25) is 14.0 Å². The third kappa shape index (κ3) is 3.30. The van der Waals surface area contributed by atoms with E-state index in [0.717, 1.165) is 12.1 Å². The highest BCUT2D eigenvalue weighted by Gasteiger charge is 2.22. The second-order valence-electron chi connectivity index (χ2n) is 5.32. The third-order valence-corrected chi connectivity index (χ3v) is 3.55. The summed E-state index contributed by atoms with van der Waals surface area (Å²) in [6, 6.07) is 7.76. The minimum atomic E-state index is -0.911. The van der Waals surface area contributed by atoms with Crippen LogP contribution in [0.15, 0.2) is 55.3 Å². The Morgan fingerprint density at radius 3 is 2.73 bits per heavy atom. The molecule has 0 unspecified atom stereocenters. The van der Waals surface area contributed by atoms with Crippen molar-refractivity contribution in [1.82, 2.24) is 14.7 Å². The first-order valence-electron chi connectivity index (χ1n) is 7.64. The molecule has 26 heavy (non-hydrogen) atoms. The molecule has 3 rings (SSSR count). The van der Waals surface area contributed by atoms with E-state index >= 15 is 0 Å². The molecule has 2 aromatic heterocycles. The van der Waals surface area contributed by atoms with Gasteiger partial charge >= 0.3 is 0 Å². The van der Waals surface area contributed by atoms with Crippen LogP contribution >= 0.6 is 0 Å². The molecular weight excluding hydrogens is 342 g/mol. The second-order valence-corrected chi connectivity index (χ2v) is 5.32. The SMILES string of the molecule is C=CCNC(=O)c1nc(C(=O)Nc2ccc(F)cc2F)c2ccccn12. The van der Waals surface area contributed by atoms with E-state index in [1.54, 1.807) is 24.4 Å². The van der Waals surface area contributed by atoms with Gasteiger partial charge in [0.1, 0.15) is 11.6 Å². The van der Waals surface area contributed by atoms with Gasteiger partial charge in [-0.1, -0.05) is 12.1 Å². The highest BCUT2D eigenvalue weighted by atomic mass is 19.1. The van der Waals surface area contributed by atoms with Crippen LogP contribution in [0.2, 0.25) is 0 Å². The lowest BCUT2D eigenvalue weighted by atomic mass is 10.2. The minimum absolute atomic E-state index is 0.00665. The smallest absolute Gasteiger partial charge is 0.287 e. The number of nitrogens with one attached hydrogen (secondary N) is 2. The molecule has 8 heteroatoms. The quantitative estimate of drug-likeness (QED) is 0.690. The van der Waals surface area contributed by atoms with Crippen LogP contribution in [0.3, 0.4) is 0 Å². The van der Waals surface area contributed by atoms with Gasteiger partial charge < -0.3 is 10.6 Å². The summed E-state index contributed by atoms with van der Waals surface area (Å²) in [5, 5.41) is 4.92. The van der Waals surface area contributed by atoms with Crippen LogP contribution in [0.5, 0.6) is 0 Å². The van der Waals surface area contributed by atoms with Crippen molar-refractivity contribution < 1.29 is 18.4 Å². The van der Waals surface area contributed by atoms with Gasteiger partial charge in [0.15, 0.2) is 5.69 Å². The Bertz CT molecular complexity index is 1010. The third-order valence-electron chi connectivity index (χ3n) is 3.55. The Balaban J connectivity index is 1.97. The van der Waals surface area contributed by atoms with Crippen molar-refractivity contribution >= 4 is 23.0 Å². The Morgan fingerprint density at radius 2 is 2.00 bits per heavy atom. The lowest BCUT2D eigenvalue weighted by Crippen LogP contribution is -2.25. The molecule has 2 amide bonds. The molecule has 2 heterocycles. The number of amides is 2. The molecule has 0 fully saturated rings. The second kappa shape index (κ2) is 7.14. The first-order chi connectivity index (χ1) is 12.5. The fourth-order valence-electron chi connectivity index (χ4n) is 2.38. The van der Waals surface area contributed by atoms with Crippen molar-refractivity contribution in [2.45, 2.75) is 0 Å². The lowest BCUT2D eigenvalue weighted by Gasteiger charge is -2.05. The molecule has 0 aliphatic rings. The number of carbonyl (C=O) groups is 2. The number of halogens is 2. The van der Waals surface area contributed by atoms with E-state index in [1.165, 1.54) is 10.5 Å². The molecule has 0 spiro atoms. The number of rotatable bonds is 5. The van der Waals surface area contributed by atoms with Gasteiger partial charge in [0, 0.05) is 18.8 Å². The molecule has 0 saturated carbocycles. The zero-order valence-electron chi connectivity index (χ0n) is 13.5. The van der Waals surface area contributed by atoms with Crippen molar-refractivity contribution in [2.75, 3.05) is 11.9 Å². The highest BCUT2D eigenvalue weighted by molar-refractivity contribution is 6.09. The van der Waals surface area contributed by atoms with E-state index in [-0.39, 0.29) is 23.8 Å². The fraction of sp³-hybridized carbons (Fsp3) is 0.0556. The van der Waals surface area contributed by atoms with Crippen molar-refractivity contribution in [3.05, 3.63) is 78.4 Å². The van der Waals surface area contributed by atoms with Crippen LogP contribution in [0, 0.1) is 11.6 Å². The minimum Gasteiger partial charge on any atom is -0.346 e. The summed E-state index contributed by atoms with van der Waals surface area (Å²) in [5.74, 6) is -2.87. The summed E-state index contributed by atoms with van der Waals surface area (Å²) in [6.07, 6.45) is 3.10. The van der Waals surface area contributed by atoms with E-state index in [9.17, 15) is 18.4 Å². The molecule has 6 nitrogen and oxygen atoms in total. The van der Waals surface area contributed by atoms with Crippen LogP contribution in [-0.4, -0.2) is 27.7 Å². The highest BCUT2D eigenvalue weighted by Crippen LogP contribution is 2.18. The van der Waals surface area contributed by atoms with Gasteiger partial charge in [-0.2, -0.15) is 0 Å². The van der Waals surface area contributed by atoms with E-state index in [2.05, 4.69) is 22.2 Å². The number of anilines is 1. The Kier molecular flexibility index (Phi) is 4.74. The first kappa shape index (κ1) is 17.3. The van der Waals surface area contributed by atoms with Crippen LogP contribution in [0.1, 0.15) is 21.1 Å². The van der Waals surface area contributed by atoms with Crippen molar-refractivity contribution in [3.63, 3.8) is 0 Å². The molecule has 2 N–H and O–H groups in total. The van der Waals surface area contributed by atoms with Crippen LogP contribution in [0.25, 0.3) is 5.52 Å². The number of hydrogen-bond donors (Lipinski definition) is 2. The average molecular weight is 356 g/mol. The van der Waals surface area contributed by atoms with E-state index in [4.69, 9.17) is 0 Å². The number of pyridine rings is 1. The molecule has 0 saturated heterocycles. The standard InChI is InChI=1S/C18H14F2N4O2/c1-2-8-21-18(26)16-23-15(14-5-3-4-9-24(14)16)17(25)22-13-7-6-11(19)10-12(13)20/h2-7,9-10H,1,8H2,(H,21,26)(H,22,25). The maximum atomic E-state index is 13.8. The zero-order valence-corrected chi connectivity index (χ0v) is 13.5. The normalized spacial score (nSPS) is 10.5. The van der Waals surface area contributed by atoms with Gasteiger partial charge in [0.2, 0.25) is 5.82 Å². The van der Waals surface area contributed by atoms with Gasteiger partial charge in [0.05, 0.1) is 11.2 Å². The molecule has 1 aromatic carbocycles. The molecule has 3 aromatic rings. The summed E-state index contributed by atoms with van der Waals surface area (Å²) in [7, 11) is 0. The number of imidazole rings is 1. The topological polar surface area (TPSA) is 75.5 Å². The van der Waals surface area contributed by atoms with Crippen LogP contribution < -0.4 is 10.6 Å². The zero-order chi connectivity index (χ0) is 18.7. The predicted octanol–water partition coefficient (Wildman–Crippen LogP) is 2.78. The molecule has 0 aliphatic heterocycles. The maximum absolute atomic E-state index is 13.8. The Hall–Kier alpha value is -3.55. The van der Waals surface area contributed by atoms with Crippen molar-refractivity contribution in [1.29, 1.82) is 0 Å². The Labute approximate surface area is 147 Å². The molecular formula is C18H14F2N4O2. The van der Waals surface area contributed by atoms with Crippen LogP contribution in [-0.2, 0) is 0 Å². The van der Waals surface area contributed by atoms with E-state index in [0.29, 0.717) is 11.6 Å². The largest absolute Gasteiger partial charge is 0.346 e. The summed E-state index contributed by atoms with van der Waals surface area (Å²) < 4.78 is 28.2. The number of hydrogen-bond acceptors (Lipinski definition) is 3. The maximum Gasteiger partial charge on any atom is 0.287 e. The number of nitrogens with zero attached hydrogens (tertiary/aromatic N) is 2. The monoisotopic (exact) mass is 356 g/mol. The number of carbonyl (C=O) groups excluding carboxylic acids is 2. The van der Waals surface area contributed by atoms with Gasteiger partial charge in [-0.15, -0.1) is 6.58 Å². The average Bonchev–Trinajstić information content (AvgIpc) is 3.02. The molecule has 0 bridgehead atoms. The van der Waals surface area contributed by atoms with Gasteiger partial charge in [-0.05, 0) is 24.3 Å². The fourth-order valence-corrected chi connectivity index (χ4v) is 2.38. The number of fused-ring (bicyclic) bond motifs is 1. The summed E-state index contributed by atoms with van der Waals surface area (Å²) in [6.45, 7) is 3.75. The summed E-state index contributed by atoms with van der Waals surface area (Å²) in [4.78, 5) is 28.8. The number of benzene rings is 1. The molecule has 0 atom stereocenters. The first-order valence-corrected chi connectivity index (χ1v) is 7.64. The van der Waals surface area contributed by atoms with Crippen molar-refractivity contribution in [3.8, 4) is 0 Å². The van der Waals surface area contributed by atoms with E-state index < -0.39 is 23.4 Å². The Morgan fingerprint density at radius 1 is 1.19 bits per heavy atom. The molecule has 0 aliphatic carbocycles. The van der Waals surface area contributed by atoms with E-state index in [1.807, 2.05) is 0 Å². The molecule has 132 valence electrons. The summed E-state index contributed by atoms with van der Waals surface area (Å²) >= 11 is 0.